The lowest BCUT2D eigenvalue weighted by atomic mass is 9.98. The van der Waals surface area contributed by atoms with E-state index in [-0.39, 0.29) is 11.7 Å². The van der Waals surface area contributed by atoms with Crippen molar-refractivity contribution < 1.29 is 14.6 Å². The van der Waals surface area contributed by atoms with E-state index in [1.807, 2.05) is 61.4 Å². The number of phenolic OH excluding ortho intramolecular Hbond substituents is 1. The summed E-state index contributed by atoms with van der Waals surface area (Å²) in [5, 5.41) is 11.8. The maximum atomic E-state index is 13.5. The van der Waals surface area contributed by atoms with E-state index in [0.717, 1.165) is 59.7 Å². The van der Waals surface area contributed by atoms with E-state index in [2.05, 4.69) is 39.9 Å². The number of aromatic hydroxyl groups is 1. The number of ether oxygens (including phenoxy) is 1. The zero-order valence-electron chi connectivity index (χ0n) is 23.6. The number of likely N-dealkylation sites (N-methyl/N-ethyl adjacent to an activating group) is 1. The van der Waals surface area contributed by atoms with E-state index in [4.69, 9.17) is 4.74 Å². The molecule has 1 aliphatic heterocycles. The number of amides is 1. The molecule has 39 heavy (non-hydrogen) atoms. The maximum absolute atomic E-state index is 13.5. The molecule has 8 nitrogen and oxygen atoms in total. The van der Waals surface area contributed by atoms with Crippen LogP contribution in [0.3, 0.4) is 0 Å². The summed E-state index contributed by atoms with van der Waals surface area (Å²) in [6, 6.07) is 5.77. The Bertz CT molecular complexity index is 1390. The third-order valence-corrected chi connectivity index (χ3v) is 7.10. The first kappa shape index (κ1) is 28.1. The summed E-state index contributed by atoms with van der Waals surface area (Å²) in [6.45, 7) is 8.68. The Morgan fingerprint density at radius 2 is 1.90 bits per heavy atom. The van der Waals surface area contributed by atoms with Crippen LogP contribution in [0.1, 0.15) is 28.4 Å². The molecule has 0 saturated carbocycles. The Balaban J connectivity index is 1.55. The van der Waals surface area contributed by atoms with E-state index < -0.39 is 0 Å². The molecule has 2 N–H and O–H groups in total. The lowest BCUT2D eigenvalue weighted by Gasteiger charge is -2.35. The lowest BCUT2D eigenvalue weighted by molar-refractivity contribution is 0.0626. The second-order valence-electron chi connectivity index (χ2n) is 10.2. The first-order valence-corrected chi connectivity index (χ1v) is 13.3. The van der Waals surface area contributed by atoms with E-state index in [0.29, 0.717) is 24.2 Å². The van der Waals surface area contributed by atoms with Gasteiger partial charge in [0, 0.05) is 68.2 Å². The third-order valence-electron chi connectivity index (χ3n) is 7.10. The highest BCUT2D eigenvalue weighted by atomic mass is 16.5. The Kier molecular flexibility index (Phi) is 9.22. The number of aromatic nitrogens is 2. The van der Waals surface area contributed by atoms with E-state index in [1.165, 1.54) is 0 Å². The Hall–Kier alpha value is -3.88. The molecule has 1 saturated heterocycles. The minimum absolute atomic E-state index is 0.0441. The quantitative estimate of drug-likeness (QED) is 0.309. The van der Waals surface area contributed by atoms with Gasteiger partial charge in [-0.05, 0) is 63.3 Å². The van der Waals surface area contributed by atoms with E-state index >= 15 is 0 Å². The number of piperazine rings is 1. The van der Waals surface area contributed by atoms with Crippen molar-refractivity contribution in [1.82, 2.24) is 24.7 Å². The number of nitrogens with zero attached hydrogens (tertiary/aromatic N) is 4. The number of pyridine rings is 1. The summed E-state index contributed by atoms with van der Waals surface area (Å²) in [7, 11) is 5.79. The normalized spacial score (nSPS) is 15.3. The number of carbonyl (C=O) groups excluding carboxylic acids is 1. The number of nitrogens with one attached hydrogen (secondary N) is 1. The number of carbonyl (C=O) groups is 1. The van der Waals surface area contributed by atoms with Crippen LogP contribution in [0.2, 0.25) is 0 Å². The van der Waals surface area contributed by atoms with Gasteiger partial charge in [-0.1, -0.05) is 24.3 Å². The average Bonchev–Trinajstić information content (AvgIpc) is 3.35. The lowest BCUT2D eigenvalue weighted by Crippen LogP contribution is -2.50. The van der Waals surface area contributed by atoms with Gasteiger partial charge >= 0.3 is 0 Å². The van der Waals surface area contributed by atoms with Crippen molar-refractivity contribution in [3.8, 4) is 16.9 Å². The molecule has 8 heteroatoms. The molecule has 1 amide bonds. The fourth-order valence-electron chi connectivity index (χ4n) is 4.60. The number of aryl methyl sites for hydroxylation is 1. The molecule has 1 aliphatic rings. The summed E-state index contributed by atoms with van der Waals surface area (Å²) in [4.78, 5) is 27.7. The predicted octanol–water partition coefficient (Wildman–Crippen LogP) is 4.68. The van der Waals surface area contributed by atoms with Gasteiger partial charge in [0.15, 0.2) is 0 Å². The molecule has 0 unspecified atom stereocenters. The smallest absolute Gasteiger partial charge is 0.257 e. The molecular formula is C31H39N5O3. The molecule has 3 heterocycles. The fraction of sp³-hybridized carbons (Fsp3) is 0.355. The molecule has 0 radical (unpaired) electrons. The highest BCUT2D eigenvalue weighted by Crippen LogP contribution is 2.32. The summed E-state index contributed by atoms with van der Waals surface area (Å²) in [5.74, 6) is 0.751. The van der Waals surface area contributed by atoms with Crippen LogP contribution < -0.4 is 0 Å². The molecular weight excluding hydrogens is 490 g/mol. The van der Waals surface area contributed by atoms with Gasteiger partial charge in [-0.2, -0.15) is 0 Å². The first-order chi connectivity index (χ1) is 18.8. The van der Waals surface area contributed by atoms with Gasteiger partial charge in [0.1, 0.15) is 11.4 Å². The van der Waals surface area contributed by atoms with Crippen LogP contribution in [-0.4, -0.2) is 96.2 Å². The topological polar surface area (TPSA) is 84.9 Å². The van der Waals surface area contributed by atoms with Crippen molar-refractivity contribution >= 4 is 23.0 Å². The molecule has 0 bridgehead atoms. The van der Waals surface area contributed by atoms with Gasteiger partial charge in [0.2, 0.25) is 0 Å². The van der Waals surface area contributed by atoms with Crippen molar-refractivity contribution in [2.45, 2.75) is 13.8 Å². The molecule has 4 rings (SSSR count). The second kappa shape index (κ2) is 12.8. The number of benzene rings is 1. The number of hydrogen-bond acceptors (Lipinski definition) is 6. The highest BCUT2D eigenvalue weighted by Gasteiger charge is 2.25. The van der Waals surface area contributed by atoms with Crippen LogP contribution in [0.5, 0.6) is 5.75 Å². The molecule has 3 aromatic rings. The summed E-state index contributed by atoms with van der Waals surface area (Å²) < 4.78 is 5.14. The number of methoxy groups -OCH3 is 1. The molecule has 0 aliphatic carbocycles. The van der Waals surface area contributed by atoms with E-state index in [9.17, 15) is 9.90 Å². The van der Waals surface area contributed by atoms with Crippen molar-refractivity contribution in [3.63, 3.8) is 0 Å². The van der Waals surface area contributed by atoms with Crippen LogP contribution in [0.25, 0.3) is 28.2 Å². The summed E-state index contributed by atoms with van der Waals surface area (Å²) in [6.07, 6.45) is 13.5. The fourth-order valence-corrected chi connectivity index (χ4v) is 4.60. The summed E-state index contributed by atoms with van der Waals surface area (Å²) >= 11 is 0. The zero-order valence-corrected chi connectivity index (χ0v) is 23.6. The Morgan fingerprint density at radius 3 is 2.62 bits per heavy atom. The molecule has 2 aromatic heterocycles. The van der Waals surface area contributed by atoms with Crippen molar-refractivity contribution in [2.24, 2.45) is 0 Å². The summed E-state index contributed by atoms with van der Waals surface area (Å²) in [5.41, 5.74) is 4.54. The molecule has 1 fully saturated rings. The van der Waals surface area contributed by atoms with Gasteiger partial charge in [-0.15, -0.1) is 0 Å². The second-order valence-corrected chi connectivity index (χ2v) is 10.2. The standard InChI is InChI=1S/C31H39N5O3/c1-22-17-25(18-28(29(22)37)31(38)36-15-13-35(14-16-36)12-11-34(3)4)26-19-27-24(20-32-30(27)33-21-26)10-8-6-7-9-23(2)39-5/h6-10,17-21,37H,11-16H2,1-5H3,(H,32,33)/b7-6-,10-8+,23-9+. The van der Waals surface area contributed by atoms with Gasteiger partial charge in [0.25, 0.3) is 5.91 Å². The third kappa shape index (κ3) is 6.96. The van der Waals surface area contributed by atoms with Gasteiger partial charge in [-0.25, -0.2) is 4.98 Å². The minimum atomic E-state index is -0.131. The number of rotatable bonds is 9. The number of fused-ring (bicyclic) bond motifs is 1. The minimum Gasteiger partial charge on any atom is -0.507 e. The molecule has 206 valence electrons. The number of phenols is 1. The largest absolute Gasteiger partial charge is 0.507 e. The van der Waals surface area contributed by atoms with Gasteiger partial charge < -0.3 is 24.6 Å². The first-order valence-electron chi connectivity index (χ1n) is 13.3. The number of hydrogen-bond donors (Lipinski definition) is 2. The molecule has 0 atom stereocenters. The van der Waals surface area contributed by atoms with Crippen LogP contribution >= 0.6 is 0 Å². The zero-order chi connectivity index (χ0) is 27.9. The van der Waals surface area contributed by atoms with Gasteiger partial charge in [0.05, 0.1) is 18.4 Å². The molecule has 0 spiro atoms. The van der Waals surface area contributed by atoms with E-state index in [1.54, 1.807) is 19.4 Å². The monoisotopic (exact) mass is 529 g/mol. The predicted molar refractivity (Wildman–Crippen MR) is 158 cm³/mol. The molecule has 1 aromatic carbocycles. The number of H-pyrrole nitrogens is 1. The van der Waals surface area contributed by atoms with Crippen LogP contribution in [0, 0.1) is 6.92 Å². The van der Waals surface area contributed by atoms with Crippen LogP contribution in [-0.2, 0) is 4.74 Å². The van der Waals surface area contributed by atoms with Gasteiger partial charge in [-0.3, -0.25) is 9.69 Å². The number of aromatic amines is 1. The van der Waals surface area contributed by atoms with Crippen molar-refractivity contribution in [2.75, 3.05) is 60.5 Å². The number of allylic oxidation sites excluding steroid dienone is 5. The maximum Gasteiger partial charge on any atom is 0.257 e. The average molecular weight is 530 g/mol. The van der Waals surface area contributed by atoms with Crippen molar-refractivity contribution in [3.05, 3.63) is 77.3 Å². The Labute approximate surface area is 230 Å². The van der Waals surface area contributed by atoms with Crippen molar-refractivity contribution in [1.29, 1.82) is 0 Å². The Morgan fingerprint density at radius 1 is 1.13 bits per heavy atom. The highest BCUT2D eigenvalue weighted by molar-refractivity contribution is 5.99. The SMILES string of the molecule is CO/C(C)=C/C=C\C=C\c1c[nH]c2ncc(-c3cc(C)c(O)c(C(=O)N4CCN(CCN(C)C)CC4)c3)cc12. The van der Waals surface area contributed by atoms with Crippen LogP contribution in [0.15, 0.2) is 60.7 Å². The van der Waals surface area contributed by atoms with Crippen LogP contribution in [0.4, 0.5) is 0 Å².